The summed E-state index contributed by atoms with van der Waals surface area (Å²) >= 11 is 0. The quantitative estimate of drug-likeness (QED) is 0.103. The van der Waals surface area contributed by atoms with Gasteiger partial charge in [0.25, 0.3) is 0 Å². The molecule has 0 amide bonds. The fourth-order valence-electron chi connectivity index (χ4n) is 6.45. The van der Waals surface area contributed by atoms with Crippen molar-refractivity contribution in [3.05, 3.63) is 60.2 Å². The summed E-state index contributed by atoms with van der Waals surface area (Å²) in [7, 11) is 0. The smallest absolute Gasteiger partial charge is 0.171 e. The molecule has 43 heavy (non-hydrogen) atoms. The van der Waals surface area contributed by atoms with E-state index in [4.69, 9.17) is 15.2 Å². The summed E-state index contributed by atoms with van der Waals surface area (Å²) < 4.78 is 14.9. The van der Waals surface area contributed by atoms with E-state index < -0.39 is 0 Å². The van der Waals surface area contributed by atoms with Crippen molar-refractivity contribution in [3.63, 3.8) is 0 Å². The molecule has 2 rings (SSSR count). The summed E-state index contributed by atoms with van der Waals surface area (Å²) in [6, 6.07) is 8.63. The highest BCUT2D eigenvalue weighted by molar-refractivity contribution is 5.08. The molecular formula is C38H66N3O2+. The van der Waals surface area contributed by atoms with Gasteiger partial charge in [0.05, 0.1) is 13.2 Å². The van der Waals surface area contributed by atoms with Crippen LogP contribution in [0.3, 0.4) is 0 Å². The van der Waals surface area contributed by atoms with Crippen LogP contribution in [0.5, 0.6) is 0 Å². The monoisotopic (exact) mass is 597 g/mol. The first-order valence-electron chi connectivity index (χ1n) is 17.2. The Balaban J connectivity index is 1.84. The van der Waals surface area contributed by atoms with E-state index in [-0.39, 0.29) is 21.7 Å². The molecule has 4 atom stereocenters. The Hall–Kier alpha value is -1.82. The third-order valence-corrected chi connectivity index (χ3v) is 10.2. The van der Waals surface area contributed by atoms with Crippen LogP contribution >= 0.6 is 0 Å². The minimum atomic E-state index is 0.167. The molecule has 0 aliphatic heterocycles. The van der Waals surface area contributed by atoms with Crippen LogP contribution < -0.4 is 10.3 Å². The van der Waals surface area contributed by atoms with Crippen molar-refractivity contribution < 1.29 is 14.0 Å². The lowest BCUT2D eigenvalue weighted by Gasteiger charge is -2.38. The van der Waals surface area contributed by atoms with E-state index in [9.17, 15) is 0 Å². The van der Waals surface area contributed by atoms with E-state index in [1.807, 2.05) is 18.5 Å². The molecule has 5 nitrogen and oxygen atoms in total. The number of nitrogens with zero attached hydrogens (tertiary/aromatic N) is 2. The van der Waals surface area contributed by atoms with Gasteiger partial charge in [-0.3, -0.25) is 4.98 Å². The number of nitrogens with two attached hydrogens (primary N) is 1. The van der Waals surface area contributed by atoms with Gasteiger partial charge in [-0.2, -0.15) is 0 Å². The predicted molar refractivity (Wildman–Crippen MR) is 181 cm³/mol. The van der Waals surface area contributed by atoms with Gasteiger partial charge in [-0.25, -0.2) is 4.57 Å². The highest BCUT2D eigenvalue weighted by Gasteiger charge is 2.36. The summed E-state index contributed by atoms with van der Waals surface area (Å²) in [5, 5.41) is 0. The van der Waals surface area contributed by atoms with Crippen LogP contribution in [0.2, 0.25) is 0 Å². The van der Waals surface area contributed by atoms with Gasteiger partial charge in [-0.05, 0) is 105 Å². The van der Waals surface area contributed by atoms with Gasteiger partial charge >= 0.3 is 0 Å². The molecule has 0 aromatic carbocycles. The fourth-order valence-corrected chi connectivity index (χ4v) is 6.45. The third kappa shape index (κ3) is 13.4. The minimum Gasteiger partial charge on any atom is -0.381 e. The largest absolute Gasteiger partial charge is 0.381 e. The zero-order valence-electron chi connectivity index (χ0n) is 29.2. The van der Waals surface area contributed by atoms with Crippen LogP contribution in [0, 0.1) is 21.7 Å². The van der Waals surface area contributed by atoms with E-state index in [2.05, 4.69) is 95.5 Å². The van der Waals surface area contributed by atoms with Crippen molar-refractivity contribution in [2.45, 2.75) is 126 Å². The Morgan fingerprint density at radius 1 is 0.721 bits per heavy atom. The van der Waals surface area contributed by atoms with E-state index in [1.54, 1.807) is 0 Å². The summed E-state index contributed by atoms with van der Waals surface area (Å²) in [4.78, 5) is 4.22. The second kappa shape index (κ2) is 18.2. The van der Waals surface area contributed by atoms with E-state index in [0.29, 0.717) is 0 Å². The third-order valence-electron chi connectivity index (χ3n) is 10.2. The zero-order valence-corrected chi connectivity index (χ0v) is 29.2. The summed E-state index contributed by atoms with van der Waals surface area (Å²) in [6.45, 7) is 23.7. The number of aromatic nitrogens is 2. The van der Waals surface area contributed by atoms with Gasteiger partial charge in [0.1, 0.15) is 0 Å². The van der Waals surface area contributed by atoms with Crippen molar-refractivity contribution in [3.8, 4) is 0 Å². The number of pyridine rings is 2. The number of hydrogen-bond acceptors (Lipinski definition) is 4. The average Bonchev–Trinajstić information content (AvgIpc) is 3.01. The average molecular weight is 597 g/mol. The summed E-state index contributed by atoms with van der Waals surface area (Å²) in [5.41, 5.74) is 9.54. The zero-order chi connectivity index (χ0) is 31.8. The number of ether oxygens (including phenoxy) is 2. The highest BCUT2D eigenvalue weighted by atomic mass is 16.5. The molecule has 2 aromatic rings. The van der Waals surface area contributed by atoms with Crippen LogP contribution in [0.4, 0.5) is 0 Å². The van der Waals surface area contributed by atoms with Gasteiger partial charge < -0.3 is 15.2 Å². The van der Waals surface area contributed by atoms with Crippen LogP contribution in [-0.4, -0.2) is 38.0 Å². The first-order chi connectivity index (χ1) is 20.5. The van der Waals surface area contributed by atoms with Gasteiger partial charge in [-0.1, -0.05) is 61.5 Å². The van der Waals surface area contributed by atoms with E-state index in [1.165, 1.54) is 11.1 Å². The van der Waals surface area contributed by atoms with Crippen LogP contribution in [0.15, 0.2) is 49.1 Å². The molecule has 0 spiro atoms. The van der Waals surface area contributed by atoms with Crippen molar-refractivity contribution >= 4 is 0 Å². The Labute approximate surface area is 265 Å². The molecule has 0 saturated carbocycles. The maximum atomic E-state index is 6.25. The standard InChI is InChI=1S/C38H66N3O2/c1-9-35(5,29-39)27-37(7,11-3)31-43-24-16-20-34-18-14-22-41(26-34)30-36(6,10-2)28-38(8,12-4)32-42-23-15-19-33-17-13-21-40-25-33/h13-14,17-18,21-22,25-26H,9-12,15-16,19-20,23-24,27-32,39H2,1-8H3/q+1. The van der Waals surface area contributed by atoms with E-state index in [0.717, 1.165) is 104 Å². The first-order valence-corrected chi connectivity index (χ1v) is 17.2. The molecule has 0 saturated heterocycles. The first kappa shape index (κ1) is 37.4. The lowest BCUT2D eigenvalue weighted by molar-refractivity contribution is -0.710. The normalized spacial score (nSPS) is 17.5. The van der Waals surface area contributed by atoms with Crippen molar-refractivity contribution in [2.24, 2.45) is 27.4 Å². The molecule has 244 valence electrons. The second-order valence-corrected chi connectivity index (χ2v) is 14.8. The van der Waals surface area contributed by atoms with Gasteiger partial charge in [0, 0.05) is 42.7 Å². The molecule has 5 heteroatoms. The summed E-state index contributed by atoms with van der Waals surface area (Å²) in [5.74, 6) is 0. The number of hydrogen-bond donors (Lipinski definition) is 1. The topological polar surface area (TPSA) is 61.2 Å². The Morgan fingerprint density at radius 2 is 1.26 bits per heavy atom. The maximum absolute atomic E-state index is 6.25. The molecule has 2 N–H and O–H groups in total. The molecule has 0 bridgehead atoms. The van der Waals surface area contributed by atoms with E-state index >= 15 is 0 Å². The molecular weight excluding hydrogens is 530 g/mol. The van der Waals surface area contributed by atoms with Crippen LogP contribution in [0.25, 0.3) is 0 Å². The number of rotatable bonds is 23. The Morgan fingerprint density at radius 3 is 1.77 bits per heavy atom. The second-order valence-electron chi connectivity index (χ2n) is 14.8. The predicted octanol–water partition coefficient (Wildman–Crippen LogP) is 8.37. The molecule has 2 heterocycles. The van der Waals surface area contributed by atoms with Crippen molar-refractivity contribution in [2.75, 3.05) is 33.0 Å². The molecule has 2 aromatic heterocycles. The maximum Gasteiger partial charge on any atom is 0.171 e. The van der Waals surface area contributed by atoms with Crippen LogP contribution in [0.1, 0.15) is 118 Å². The lowest BCUT2D eigenvalue weighted by Crippen LogP contribution is -2.44. The minimum absolute atomic E-state index is 0.167. The molecule has 0 radical (unpaired) electrons. The number of aryl methyl sites for hydroxylation is 2. The molecule has 0 aliphatic rings. The Bertz CT molecular complexity index is 1030. The van der Waals surface area contributed by atoms with Gasteiger partial charge in [0.15, 0.2) is 18.9 Å². The molecule has 0 fully saturated rings. The fraction of sp³-hybridized carbons (Fsp3) is 0.737. The van der Waals surface area contributed by atoms with Crippen LogP contribution in [-0.2, 0) is 28.9 Å². The van der Waals surface area contributed by atoms with Crippen molar-refractivity contribution in [1.82, 2.24) is 4.98 Å². The summed E-state index contributed by atoms with van der Waals surface area (Å²) in [6.07, 6.45) is 19.3. The van der Waals surface area contributed by atoms with Crippen molar-refractivity contribution in [1.29, 1.82) is 0 Å². The molecule has 0 aliphatic carbocycles. The Kier molecular flexibility index (Phi) is 15.8. The lowest BCUT2D eigenvalue weighted by atomic mass is 9.70. The molecule has 4 unspecified atom stereocenters. The highest BCUT2D eigenvalue weighted by Crippen LogP contribution is 2.40. The van der Waals surface area contributed by atoms with Gasteiger partial charge in [0.2, 0.25) is 0 Å². The SMILES string of the molecule is CCC(C)(CN)CC(C)(CC)COCCCc1ccc[n+](CC(C)(CC)CC(C)(CC)COCCCc2cccnc2)c1. The van der Waals surface area contributed by atoms with Gasteiger partial charge in [-0.15, -0.1) is 0 Å².